The van der Waals surface area contributed by atoms with E-state index in [1.165, 1.54) is 43.0 Å². The lowest BCUT2D eigenvalue weighted by Gasteiger charge is -2.12. The van der Waals surface area contributed by atoms with Crippen LogP contribution < -0.4 is 0 Å². The topological polar surface area (TPSA) is 64.5 Å². The highest BCUT2D eigenvalue weighted by Crippen LogP contribution is 2.41. The van der Waals surface area contributed by atoms with Gasteiger partial charge in [-0.2, -0.15) is 8.75 Å². The molecule has 0 N–H and O–H groups in total. The van der Waals surface area contributed by atoms with Gasteiger partial charge in [0.2, 0.25) is 0 Å². The molecule has 4 heterocycles. The summed E-state index contributed by atoms with van der Waals surface area (Å²) in [6.07, 6.45) is 0. The molecule has 0 unspecified atom stereocenters. The van der Waals surface area contributed by atoms with Crippen LogP contribution in [0.2, 0.25) is 0 Å². The molecule has 0 saturated heterocycles. The third kappa shape index (κ3) is 5.09. The normalized spacial score (nSPS) is 11.7. The van der Waals surface area contributed by atoms with Gasteiger partial charge in [0.25, 0.3) is 0 Å². The third-order valence-corrected chi connectivity index (χ3v) is 12.0. The van der Waals surface area contributed by atoms with E-state index < -0.39 is 0 Å². The van der Waals surface area contributed by atoms with Gasteiger partial charge in [-0.1, -0.05) is 133 Å². The van der Waals surface area contributed by atoms with E-state index in [1.54, 1.807) is 0 Å². The molecule has 0 radical (unpaired) electrons. The Labute approximate surface area is 318 Å². The van der Waals surface area contributed by atoms with Crippen LogP contribution in [0.4, 0.5) is 0 Å². The molecule has 0 aliphatic carbocycles. The van der Waals surface area contributed by atoms with Crippen molar-refractivity contribution in [2.45, 2.75) is 0 Å². The largest absolute Gasteiger partial charge is 0.247 e. The second-order valence-corrected chi connectivity index (χ2v) is 14.9. The van der Waals surface area contributed by atoms with Crippen LogP contribution in [0.5, 0.6) is 0 Å². The fourth-order valence-electron chi connectivity index (χ4n) is 7.56. The molecule has 11 rings (SSSR count). The van der Waals surface area contributed by atoms with Crippen molar-refractivity contribution in [3.05, 3.63) is 164 Å². The summed E-state index contributed by atoms with van der Waals surface area (Å²) in [7, 11) is 0. The molecule has 4 aromatic heterocycles. The fourth-order valence-corrected chi connectivity index (χ4v) is 9.34. The van der Waals surface area contributed by atoms with Crippen LogP contribution in [0.25, 0.3) is 109 Å². The van der Waals surface area contributed by atoms with Gasteiger partial charge >= 0.3 is 0 Å². The van der Waals surface area contributed by atoms with Crippen LogP contribution >= 0.6 is 23.1 Å². The second-order valence-electron chi connectivity index (χ2n) is 13.4. The number of benzene rings is 7. The first kappa shape index (κ1) is 30.9. The monoisotopic (exact) mass is 725 g/mol. The van der Waals surface area contributed by atoms with Gasteiger partial charge in [0.1, 0.15) is 11.0 Å². The summed E-state index contributed by atoms with van der Waals surface area (Å²) >= 11 is 3.10. The van der Waals surface area contributed by atoms with Crippen LogP contribution in [0.15, 0.2) is 164 Å². The number of hydrogen-bond donors (Lipinski definition) is 0. The molecule has 0 spiro atoms. The summed E-state index contributed by atoms with van der Waals surface area (Å²) in [5, 5.41) is 5.84. The van der Waals surface area contributed by atoms with E-state index in [-0.39, 0.29) is 0 Å². The highest BCUT2D eigenvalue weighted by atomic mass is 32.1. The number of aromatic nitrogens is 5. The molecular weight excluding hydrogens is 699 g/mol. The van der Waals surface area contributed by atoms with Crippen molar-refractivity contribution in [3.63, 3.8) is 0 Å². The van der Waals surface area contributed by atoms with E-state index in [2.05, 4.69) is 142 Å². The molecule has 252 valence electrons. The van der Waals surface area contributed by atoms with Crippen molar-refractivity contribution in [3.8, 4) is 56.3 Å². The number of pyridine rings is 1. The minimum Gasteiger partial charge on any atom is -0.247 e. The summed E-state index contributed by atoms with van der Waals surface area (Å²) in [6, 6.07) is 57.3. The lowest BCUT2D eigenvalue weighted by molar-refractivity contribution is 1.18. The SMILES string of the molecule is c1ccc(-c2nc(-c3ccc(-c4nc5ccccc5c5c4ccc4nsnc45)cc3)cc(-c3ccc(-c4cccc5c4sc4ccccc45)cc3)n2)cc1. The van der Waals surface area contributed by atoms with E-state index in [1.807, 2.05) is 41.7 Å². The van der Waals surface area contributed by atoms with Crippen molar-refractivity contribution in [2.75, 3.05) is 0 Å². The van der Waals surface area contributed by atoms with Crippen molar-refractivity contribution >= 4 is 75.9 Å². The Hall–Kier alpha value is -6.67. The first-order chi connectivity index (χ1) is 26.7. The highest BCUT2D eigenvalue weighted by Gasteiger charge is 2.17. The van der Waals surface area contributed by atoms with Crippen molar-refractivity contribution in [1.82, 2.24) is 23.7 Å². The first-order valence-electron chi connectivity index (χ1n) is 17.8. The lowest BCUT2D eigenvalue weighted by atomic mass is 9.97. The third-order valence-electron chi connectivity index (χ3n) is 10.2. The van der Waals surface area contributed by atoms with Gasteiger partial charge in [-0.15, -0.1) is 11.3 Å². The van der Waals surface area contributed by atoms with E-state index in [0.29, 0.717) is 5.82 Å². The molecule has 0 atom stereocenters. The van der Waals surface area contributed by atoms with E-state index in [0.717, 1.165) is 72.0 Å². The zero-order valence-corrected chi connectivity index (χ0v) is 30.3. The Morgan fingerprint density at radius 1 is 0.407 bits per heavy atom. The van der Waals surface area contributed by atoms with Crippen molar-refractivity contribution in [2.24, 2.45) is 0 Å². The van der Waals surface area contributed by atoms with Gasteiger partial charge in [-0.25, -0.2) is 15.0 Å². The molecular formula is C47H27N5S2. The van der Waals surface area contributed by atoms with E-state index in [4.69, 9.17) is 15.0 Å². The molecule has 11 aromatic rings. The Balaban J connectivity index is 1.00. The minimum atomic E-state index is 0.689. The molecule has 5 nitrogen and oxygen atoms in total. The van der Waals surface area contributed by atoms with Gasteiger partial charge in [-0.3, -0.25) is 0 Å². The number of fused-ring (bicyclic) bond motifs is 8. The first-order valence-corrected chi connectivity index (χ1v) is 19.3. The Kier molecular flexibility index (Phi) is 7.15. The maximum Gasteiger partial charge on any atom is 0.160 e. The predicted octanol–water partition coefficient (Wildman–Crippen LogP) is 12.9. The molecule has 7 aromatic carbocycles. The van der Waals surface area contributed by atoms with Crippen LogP contribution in [-0.2, 0) is 0 Å². The molecule has 0 saturated carbocycles. The molecule has 0 amide bonds. The van der Waals surface area contributed by atoms with E-state index >= 15 is 0 Å². The van der Waals surface area contributed by atoms with Crippen LogP contribution in [0.1, 0.15) is 0 Å². The maximum absolute atomic E-state index is 5.16. The van der Waals surface area contributed by atoms with Gasteiger partial charge in [0.05, 0.1) is 34.3 Å². The Morgan fingerprint density at radius 3 is 1.87 bits per heavy atom. The van der Waals surface area contributed by atoms with Crippen LogP contribution in [-0.4, -0.2) is 23.7 Å². The quantitative estimate of drug-likeness (QED) is 0.165. The van der Waals surface area contributed by atoms with Crippen LogP contribution in [0, 0.1) is 0 Å². The zero-order chi connectivity index (χ0) is 35.6. The van der Waals surface area contributed by atoms with Crippen molar-refractivity contribution < 1.29 is 0 Å². The van der Waals surface area contributed by atoms with Gasteiger partial charge < -0.3 is 0 Å². The minimum absolute atomic E-state index is 0.689. The zero-order valence-electron chi connectivity index (χ0n) is 28.6. The molecule has 0 aliphatic rings. The standard InChI is InChI=1S/C47H27N5S2/c1-2-9-32(10-3-1)47-49-40(29-19-17-28(18-20-29)33-13-8-14-35-34-11-5-7-16-42(34)53-46(33)35)27-41(50-47)30-21-23-31(24-22-30)44-37-25-26-39-45(52-54-51-39)43(37)36-12-4-6-15-38(36)48-44/h1-27H. The number of rotatable bonds is 5. The molecule has 0 bridgehead atoms. The van der Waals surface area contributed by atoms with E-state index in [9.17, 15) is 0 Å². The summed E-state index contributed by atoms with van der Waals surface area (Å²) in [5.74, 6) is 0.689. The number of para-hydroxylation sites is 1. The average Bonchev–Trinajstić information content (AvgIpc) is 3.89. The summed E-state index contributed by atoms with van der Waals surface area (Å²) in [6.45, 7) is 0. The predicted molar refractivity (Wildman–Crippen MR) is 226 cm³/mol. The fraction of sp³-hybridized carbons (Fsp3) is 0. The van der Waals surface area contributed by atoms with Crippen LogP contribution in [0.3, 0.4) is 0 Å². The Bertz CT molecular complexity index is 3200. The second kappa shape index (κ2) is 12.5. The molecule has 54 heavy (non-hydrogen) atoms. The lowest BCUT2D eigenvalue weighted by Crippen LogP contribution is -1.96. The summed E-state index contributed by atoms with van der Waals surface area (Å²) in [4.78, 5) is 15.4. The van der Waals surface area contributed by atoms with Crippen molar-refractivity contribution in [1.29, 1.82) is 0 Å². The number of hydrogen-bond acceptors (Lipinski definition) is 7. The number of thiophene rings is 1. The molecule has 0 aliphatic heterocycles. The highest BCUT2D eigenvalue weighted by molar-refractivity contribution is 7.26. The smallest absolute Gasteiger partial charge is 0.160 e. The average molecular weight is 726 g/mol. The molecule has 0 fully saturated rings. The van der Waals surface area contributed by atoms with Gasteiger partial charge in [0, 0.05) is 58.6 Å². The molecule has 7 heteroatoms. The Morgan fingerprint density at radius 2 is 1.07 bits per heavy atom. The summed E-state index contributed by atoms with van der Waals surface area (Å²) in [5.41, 5.74) is 11.9. The maximum atomic E-state index is 5.16. The number of nitrogens with zero attached hydrogens (tertiary/aromatic N) is 5. The van der Waals surface area contributed by atoms with Gasteiger partial charge in [0.15, 0.2) is 5.82 Å². The summed E-state index contributed by atoms with van der Waals surface area (Å²) < 4.78 is 11.8. The van der Waals surface area contributed by atoms with Gasteiger partial charge in [-0.05, 0) is 41.5 Å².